The van der Waals surface area contributed by atoms with Gasteiger partial charge in [-0.1, -0.05) is 42.5 Å². The number of allylic oxidation sites excluding steroid dienone is 2. The summed E-state index contributed by atoms with van der Waals surface area (Å²) in [6.07, 6.45) is 2.18. The molecule has 0 saturated carbocycles. The molecule has 3 rings (SSSR count). The highest BCUT2D eigenvalue weighted by atomic mass is 32.1. The Balaban J connectivity index is 2.48. The fraction of sp³-hybridized carbons (Fsp3) is 0.125. The topological polar surface area (TPSA) is 0 Å². The number of thiophene rings is 1. The van der Waals surface area contributed by atoms with Gasteiger partial charge in [0.05, 0.1) is 0 Å². The van der Waals surface area contributed by atoms with Crippen molar-refractivity contribution >= 4 is 37.1 Å². The van der Waals surface area contributed by atoms with Crippen LogP contribution >= 0.6 is 11.3 Å². The molecule has 0 atom stereocenters. The third-order valence-electron chi connectivity index (χ3n) is 3.26. The third-order valence-corrected chi connectivity index (χ3v) is 4.48. The molecule has 0 amide bonds. The molecular formula is C16H14S. The van der Waals surface area contributed by atoms with Crippen molar-refractivity contribution < 1.29 is 0 Å². The van der Waals surface area contributed by atoms with Crippen molar-refractivity contribution in [2.24, 2.45) is 0 Å². The Morgan fingerprint density at radius 1 is 1.00 bits per heavy atom. The molecule has 0 N–H and O–H groups in total. The molecule has 0 aliphatic rings. The summed E-state index contributed by atoms with van der Waals surface area (Å²) in [5, 5.41) is 2.75. The molecule has 0 aliphatic carbocycles. The first kappa shape index (κ1) is 10.5. The third kappa shape index (κ3) is 1.58. The first-order chi connectivity index (χ1) is 8.31. The second-order valence-electron chi connectivity index (χ2n) is 4.25. The van der Waals surface area contributed by atoms with Crippen molar-refractivity contribution in [1.82, 2.24) is 0 Å². The number of hydrogen-bond acceptors (Lipinski definition) is 1. The van der Waals surface area contributed by atoms with Crippen LogP contribution in [0.1, 0.15) is 19.4 Å². The minimum Gasteiger partial charge on any atom is -0.135 e. The fourth-order valence-corrected chi connectivity index (χ4v) is 3.49. The second kappa shape index (κ2) is 4.01. The van der Waals surface area contributed by atoms with Gasteiger partial charge >= 0.3 is 0 Å². The molecular weight excluding hydrogens is 224 g/mol. The van der Waals surface area contributed by atoms with E-state index in [1.165, 1.54) is 31.3 Å². The monoisotopic (exact) mass is 238 g/mol. The van der Waals surface area contributed by atoms with Crippen LogP contribution in [0.3, 0.4) is 0 Å². The van der Waals surface area contributed by atoms with E-state index in [4.69, 9.17) is 0 Å². The number of fused-ring (bicyclic) bond motifs is 3. The zero-order valence-corrected chi connectivity index (χ0v) is 10.8. The van der Waals surface area contributed by atoms with E-state index in [0.717, 1.165) is 0 Å². The predicted molar refractivity (Wildman–Crippen MR) is 78.7 cm³/mol. The number of benzene rings is 2. The van der Waals surface area contributed by atoms with Gasteiger partial charge in [-0.25, -0.2) is 0 Å². The van der Waals surface area contributed by atoms with Crippen LogP contribution in [0.4, 0.5) is 0 Å². The molecule has 0 radical (unpaired) electrons. The zero-order chi connectivity index (χ0) is 11.8. The summed E-state index contributed by atoms with van der Waals surface area (Å²) < 4.78 is 2.78. The molecule has 1 heteroatoms. The molecule has 0 unspecified atom stereocenters. The maximum Gasteiger partial charge on any atom is 0.0430 e. The van der Waals surface area contributed by atoms with Crippen molar-refractivity contribution in [1.29, 1.82) is 0 Å². The van der Waals surface area contributed by atoms with Gasteiger partial charge in [0.15, 0.2) is 0 Å². The van der Waals surface area contributed by atoms with Crippen molar-refractivity contribution in [3.8, 4) is 0 Å². The summed E-state index contributed by atoms with van der Waals surface area (Å²) in [6, 6.07) is 15.2. The summed E-state index contributed by atoms with van der Waals surface area (Å²) in [5.74, 6) is 0. The first-order valence-electron chi connectivity index (χ1n) is 5.85. The van der Waals surface area contributed by atoms with E-state index in [9.17, 15) is 0 Å². The molecule has 0 nitrogen and oxygen atoms in total. The van der Waals surface area contributed by atoms with E-state index >= 15 is 0 Å². The highest BCUT2D eigenvalue weighted by molar-refractivity contribution is 7.26. The predicted octanol–water partition coefficient (Wildman–Crippen LogP) is 5.48. The summed E-state index contributed by atoms with van der Waals surface area (Å²) in [5.41, 5.74) is 2.72. The molecule has 0 saturated heterocycles. The smallest absolute Gasteiger partial charge is 0.0430 e. The van der Waals surface area contributed by atoms with Crippen molar-refractivity contribution in [2.45, 2.75) is 13.8 Å². The van der Waals surface area contributed by atoms with E-state index in [1.54, 1.807) is 0 Å². The number of rotatable bonds is 1. The van der Waals surface area contributed by atoms with Gasteiger partial charge < -0.3 is 0 Å². The SMILES string of the molecule is CC=C(C)c1cccc2c1sc1ccccc12. The van der Waals surface area contributed by atoms with Crippen LogP contribution in [-0.2, 0) is 0 Å². The van der Waals surface area contributed by atoms with E-state index in [0.29, 0.717) is 0 Å². The van der Waals surface area contributed by atoms with Crippen molar-refractivity contribution in [3.63, 3.8) is 0 Å². The lowest BCUT2D eigenvalue weighted by Crippen LogP contribution is -1.78. The maximum absolute atomic E-state index is 2.22. The zero-order valence-electron chi connectivity index (χ0n) is 10.0. The van der Waals surface area contributed by atoms with E-state index < -0.39 is 0 Å². The first-order valence-corrected chi connectivity index (χ1v) is 6.66. The molecule has 3 aromatic rings. The van der Waals surface area contributed by atoms with Crippen LogP contribution in [0.5, 0.6) is 0 Å². The van der Waals surface area contributed by atoms with E-state index in [1.807, 2.05) is 11.3 Å². The van der Waals surface area contributed by atoms with Gasteiger partial charge in [0, 0.05) is 20.2 Å². The van der Waals surface area contributed by atoms with Gasteiger partial charge in [-0.15, -0.1) is 11.3 Å². The Morgan fingerprint density at radius 2 is 1.76 bits per heavy atom. The normalized spacial score (nSPS) is 12.5. The Kier molecular flexibility index (Phi) is 2.49. The van der Waals surface area contributed by atoms with Gasteiger partial charge in [-0.05, 0) is 31.1 Å². The molecule has 0 spiro atoms. The Bertz CT molecular complexity index is 717. The van der Waals surface area contributed by atoms with Crippen molar-refractivity contribution in [3.05, 3.63) is 54.1 Å². The van der Waals surface area contributed by atoms with E-state index in [2.05, 4.69) is 62.4 Å². The minimum atomic E-state index is 1.35. The summed E-state index contributed by atoms with van der Waals surface area (Å²) in [4.78, 5) is 0. The van der Waals surface area contributed by atoms with Crippen LogP contribution in [-0.4, -0.2) is 0 Å². The molecule has 84 valence electrons. The minimum absolute atomic E-state index is 1.35. The molecule has 0 bridgehead atoms. The summed E-state index contributed by atoms with van der Waals surface area (Å²) in [6.45, 7) is 4.28. The van der Waals surface area contributed by atoms with Crippen LogP contribution in [0.25, 0.3) is 25.7 Å². The van der Waals surface area contributed by atoms with Gasteiger partial charge in [-0.2, -0.15) is 0 Å². The van der Waals surface area contributed by atoms with Crippen LogP contribution in [0.15, 0.2) is 48.5 Å². The average Bonchev–Trinajstić information content (AvgIpc) is 2.76. The molecule has 17 heavy (non-hydrogen) atoms. The molecule has 2 aromatic carbocycles. The quantitative estimate of drug-likeness (QED) is 0.526. The Hall–Kier alpha value is -1.60. The van der Waals surface area contributed by atoms with Gasteiger partial charge in [0.2, 0.25) is 0 Å². The molecule has 0 fully saturated rings. The Morgan fingerprint density at radius 3 is 2.59 bits per heavy atom. The van der Waals surface area contributed by atoms with Crippen LogP contribution < -0.4 is 0 Å². The van der Waals surface area contributed by atoms with Gasteiger partial charge in [0.25, 0.3) is 0 Å². The van der Waals surface area contributed by atoms with Gasteiger partial charge in [-0.3, -0.25) is 0 Å². The largest absolute Gasteiger partial charge is 0.135 e. The maximum atomic E-state index is 2.22. The lowest BCUT2D eigenvalue weighted by atomic mass is 10.0. The van der Waals surface area contributed by atoms with E-state index in [-0.39, 0.29) is 0 Å². The fourth-order valence-electron chi connectivity index (χ4n) is 2.21. The molecule has 0 aliphatic heterocycles. The molecule has 1 aromatic heterocycles. The lowest BCUT2D eigenvalue weighted by Gasteiger charge is -2.02. The standard InChI is InChI=1S/C16H14S/c1-3-11(2)12-8-6-9-14-13-7-4-5-10-15(13)17-16(12)14/h3-10H,1-2H3. The van der Waals surface area contributed by atoms with Crippen LogP contribution in [0.2, 0.25) is 0 Å². The van der Waals surface area contributed by atoms with Crippen molar-refractivity contribution in [2.75, 3.05) is 0 Å². The summed E-state index contributed by atoms with van der Waals surface area (Å²) >= 11 is 1.89. The molecule has 1 heterocycles. The highest BCUT2D eigenvalue weighted by Gasteiger charge is 2.08. The van der Waals surface area contributed by atoms with Gasteiger partial charge in [0.1, 0.15) is 0 Å². The second-order valence-corrected chi connectivity index (χ2v) is 5.30. The summed E-state index contributed by atoms with van der Waals surface area (Å²) in [7, 11) is 0. The number of hydrogen-bond donors (Lipinski definition) is 0. The average molecular weight is 238 g/mol. The highest BCUT2D eigenvalue weighted by Crippen LogP contribution is 2.37. The lowest BCUT2D eigenvalue weighted by molar-refractivity contribution is 1.60. The Labute approximate surface area is 105 Å². The van der Waals surface area contributed by atoms with Crippen LogP contribution in [0, 0.1) is 0 Å².